The molecule has 2 nitrogen and oxygen atoms in total. The van der Waals surface area contributed by atoms with Gasteiger partial charge < -0.3 is 4.74 Å². The van der Waals surface area contributed by atoms with Crippen LogP contribution in [0.2, 0.25) is 0 Å². The van der Waals surface area contributed by atoms with E-state index in [0.29, 0.717) is 0 Å². The summed E-state index contributed by atoms with van der Waals surface area (Å²) in [5.74, 6) is 0.745. The molecule has 31 heavy (non-hydrogen) atoms. The molecule has 0 aliphatic carbocycles. The van der Waals surface area contributed by atoms with Gasteiger partial charge in [0, 0.05) is 6.42 Å². The number of hydrogen-bond acceptors (Lipinski definition) is 9. The Labute approximate surface area is 210 Å². The number of nitrogens with zero attached hydrogens (tertiary/aromatic N) is 1. The van der Waals surface area contributed by atoms with Crippen LogP contribution in [0.4, 0.5) is 5.69 Å². The summed E-state index contributed by atoms with van der Waals surface area (Å²) in [6.45, 7) is 2.09. The fraction of sp³-hybridized carbons (Fsp3) is 0.136. The van der Waals surface area contributed by atoms with E-state index in [9.17, 15) is 0 Å². The maximum absolute atomic E-state index is 6.22. The van der Waals surface area contributed by atoms with Crippen molar-refractivity contribution in [2.24, 2.45) is 4.99 Å². The summed E-state index contributed by atoms with van der Waals surface area (Å²) in [6, 6.07) is 20.8. The van der Waals surface area contributed by atoms with Gasteiger partial charge in [-0.2, -0.15) is 0 Å². The van der Waals surface area contributed by atoms with Crippen molar-refractivity contribution >= 4 is 88.8 Å². The van der Waals surface area contributed by atoms with Crippen LogP contribution in [0, 0.1) is 6.92 Å². The molecule has 0 saturated carbocycles. The molecule has 160 valence electrons. The third-order valence-corrected chi connectivity index (χ3v) is 13.5. The van der Waals surface area contributed by atoms with E-state index in [1.54, 1.807) is 34.0 Å². The van der Waals surface area contributed by atoms with Crippen LogP contribution < -0.4 is 4.74 Å². The third-order valence-electron chi connectivity index (χ3n) is 3.81. The molecule has 4 rings (SSSR count). The minimum absolute atomic E-state index is 0.281. The van der Waals surface area contributed by atoms with Crippen molar-refractivity contribution in [1.82, 2.24) is 0 Å². The molecule has 4 aromatic rings. The highest BCUT2D eigenvalue weighted by molar-refractivity contribution is 8.85. The van der Waals surface area contributed by atoms with Crippen molar-refractivity contribution in [2.45, 2.75) is 26.3 Å². The Bertz CT molecular complexity index is 1000. The molecule has 0 aliphatic heterocycles. The lowest BCUT2D eigenvalue weighted by atomic mass is 10.2. The standard InChI is InChI=1S/C22H19NOS7/c1-16-8-10-17(11-9-16)23-18(24-19-5-2-12-25-19)15-22(30-28-20-6-3-13-26-20)31-29-21-7-4-14-27-21/h2-14,22H,15H2,1H3. The van der Waals surface area contributed by atoms with Crippen LogP contribution in [0.1, 0.15) is 12.0 Å². The fourth-order valence-electron chi connectivity index (χ4n) is 2.36. The van der Waals surface area contributed by atoms with E-state index in [1.807, 2.05) is 72.8 Å². The smallest absolute Gasteiger partial charge is 0.198 e. The second-order valence-electron chi connectivity index (χ2n) is 6.23. The van der Waals surface area contributed by atoms with Crippen LogP contribution in [0.5, 0.6) is 5.06 Å². The van der Waals surface area contributed by atoms with Gasteiger partial charge in [-0.1, -0.05) is 51.4 Å². The van der Waals surface area contributed by atoms with Crippen LogP contribution in [0.15, 0.2) is 90.2 Å². The molecule has 0 bridgehead atoms. The molecule has 0 aliphatic rings. The monoisotopic (exact) mass is 537 g/mol. The summed E-state index contributed by atoms with van der Waals surface area (Å²) in [4.78, 5) is 4.87. The van der Waals surface area contributed by atoms with Gasteiger partial charge in [0.05, 0.1) is 18.7 Å². The maximum atomic E-state index is 6.22. The van der Waals surface area contributed by atoms with Crippen LogP contribution in [-0.2, 0) is 0 Å². The fourth-order valence-corrected chi connectivity index (χ4v) is 11.0. The molecule has 0 amide bonds. The zero-order valence-electron chi connectivity index (χ0n) is 16.5. The molecule has 0 unspecified atom stereocenters. The van der Waals surface area contributed by atoms with Gasteiger partial charge >= 0.3 is 0 Å². The molecule has 3 heterocycles. The number of aryl methyl sites for hydroxylation is 1. The number of rotatable bonds is 10. The number of aliphatic imine (C=N–C) groups is 1. The molecular weight excluding hydrogens is 519 g/mol. The lowest BCUT2D eigenvalue weighted by Crippen LogP contribution is -2.13. The molecule has 0 saturated heterocycles. The second-order valence-corrected chi connectivity index (χ2v) is 14.7. The minimum atomic E-state index is 0.281. The Morgan fingerprint density at radius 3 is 2.00 bits per heavy atom. The first-order valence-electron chi connectivity index (χ1n) is 9.34. The van der Waals surface area contributed by atoms with Crippen molar-refractivity contribution in [3.05, 3.63) is 82.4 Å². The van der Waals surface area contributed by atoms with E-state index in [1.165, 1.54) is 14.0 Å². The highest BCUT2D eigenvalue weighted by Crippen LogP contribution is 2.48. The Morgan fingerprint density at radius 2 is 1.45 bits per heavy atom. The van der Waals surface area contributed by atoms with Crippen LogP contribution in [0.3, 0.4) is 0 Å². The third kappa shape index (κ3) is 7.92. The second kappa shape index (κ2) is 12.4. The number of hydrogen-bond donors (Lipinski definition) is 0. The normalized spacial score (nSPS) is 11.9. The Hall–Kier alpha value is -0.810. The van der Waals surface area contributed by atoms with Gasteiger partial charge in [-0.05, 0) is 81.0 Å². The van der Waals surface area contributed by atoms with Crippen molar-refractivity contribution in [3.63, 3.8) is 0 Å². The molecule has 0 atom stereocenters. The topological polar surface area (TPSA) is 21.6 Å². The van der Waals surface area contributed by atoms with Gasteiger partial charge in [0.1, 0.15) is 0 Å². The van der Waals surface area contributed by atoms with Crippen molar-refractivity contribution < 1.29 is 4.74 Å². The van der Waals surface area contributed by atoms with Gasteiger partial charge in [0.25, 0.3) is 0 Å². The molecule has 9 heteroatoms. The largest absolute Gasteiger partial charge is 0.432 e. The number of benzene rings is 1. The quantitative estimate of drug-likeness (QED) is 0.0866. The first-order valence-corrected chi connectivity index (χ1v) is 16.4. The summed E-state index contributed by atoms with van der Waals surface area (Å²) in [5.41, 5.74) is 2.14. The van der Waals surface area contributed by atoms with E-state index in [4.69, 9.17) is 9.73 Å². The lowest BCUT2D eigenvalue weighted by Gasteiger charge is -2.16. The minimum Gasteiger partial charge on any atom is -0.432 e. The summed E-state index contributed by atoms with van der Waals surface area (Å²) in [7, 11) is 7.40. The highest BCUT2D eigenvalue weighted by atomic mass is 33.1. The maximum Gasteiger partial charge on any atom is 0.198 e. The Balaban J connectivity index is 1.51. The van der Waals surface area contributed by atoms with E-state index < -0.39 is 0 Å². The zero-order chi connectivity index (χ0) is 21.3. The highest BCUT2D eigenvalue weighted by Gasteiger charge is 2.19. The van der Waals surface area contributed by atoms with Gasteiger partial charge in [-0.15, -0.1) is 34.0 Å². The van der Waals surface area contributed by atoms with Gasteiger partial charge in [-0.3, -0.25) is 0 Å². The summed E-state index contributed by atoms with van der Waals surface area (Å²) < 4.78 is 9.13. The van der Waals surface area contributed by atoms with E-state index in [-0.39, 0.29) is 4.58 Å². The zero-order valence-corrected chi connectivity index (χ0v) is 22.2. The predicted molar refractivity (Wildman–Crippen MR) is 147 cm³/mol. The van der Waals surface area contributed by atoms with Crippen molar-refractivity contribution in [2.75, 3.05) is 0 Å². The first kappa shape index (κ1) is 23.4. The summed E-state index contributed by atoms with van der Waals surface area (Å²) >= 11 is 5.14. The first-order chi connectivity index (χ1) is 15.2. The Kier molecular flexibility index (Phi) is 9.37. The van der Waals surface area contributed by atoms with E-state index >= 15 is 0 Å². The van der Waals surface area contributed by atoms with Gasteiger partial charge in [0.15, 0.2) is 11.0 Å². The molecule has 0 N–H and O–H groups in total. The molecule has 0 radical (unpaired) electrons. The molecule has 3 aromatic heterocycles. The van der Waals surface area contributed by atoms with Crippen LogP contribution in [-0.4, -0.2) is 10.5 Å². The Morgan fingerprint density at radius 1 is 0.839 bits per heavy atom. The van der Waals surface area contributed by atoms with Gasteiger partial charge in [0.2, 0.25) is 0 Å². The predicted octanol–water partition coefficient (Wildman–Crippen LogP) is 9.89. The number of thiophene rings is 3. The average Bonchev–Trinajstić information content (AvgIpc) is 3.55. The van der Waals surface area contributed by atoms with Crippen LogP contribution in [0.25, 0.3) is 0 Å². The molecule has 1 aromatic carbocycles. The molecule has 0 spiro atoms. The summed E-state index contributed by atoms with van der Waals surface area (Å²) in [6.07, 6.45) is 0.734. The molecule has 0 fully saturated rings. The SMILES string of the molecule is Cc1ccc(N=C(CC(SSc2cccs2)SSc2cccs2)Oc2cccs2)cc1. The van der Waals surface area contributed by atoms with Crippen LogP contribution >= 0.6 is 77.2 Å². The van der Waals surface area contributed by atoms with E-state index in [0.717, 1.165) is 23.1 Å². The number of ether oxygens (including phenoxy) is 1. The van der Waals surface area contributed by atoms with Crippen molar-refractivity contribution in [1.29, 1.82) is 0 Å². The van der Waals surface area contributed by atoms with Gasteiger partial charge in [-0.25, -0.2) is 4.99 Å². The van der Waals surface area contributed by atoms with E-state index in [2.05, 4.69) is 54.1 Å². The molecular formula is C22H19NOS7. The average molecular weight is 538 g/mol. The van der Waals surface area contributed by atoms with Crippen molar-refractivity contribution in [3.8, 4) is 5.06 Å². The lowest BCUT2D eigenvalue weighted by molar-refractivity contribution is 0.550. The summed E-state index contributed by atoms with van der Waals surface area (Å²) in [5, 5.41) is 7.14.